The van der Waals surface area contributed by atoms with Crippen molar-refractivity contribution in [2.75, 3.05) is 49.6 Å². The maximum Gasteiger partial charge on any atom is 0.324 e. The van der Waals surface area contributed by atoms with Crippen LogP contribution in [0.15, 0.2) is 127 Å². The topological polar surface area (TPSA) is 110 Å². The van der Waals surface area contributed by atoms with Gasteiger partial charge >= 0.3 is 5.97 Å². The lowest BCUT2D eigenvalue weighted by atomic mass is 9.63. The van der Waals surface area contributed by atoms with Crippen molar-refractivity contribution < 1.29 is 33.5 Å². The molecule has 8 atom stereocenters. The number of nitrogens with zero attached hydrogens (tertiary/aromatic N) is 4. The second-order valence-electron chi connectivity index (χ2n) is 16.5. The number of halogens is 1. The SMILES string of the molecule is CC(=O)N1CCN(c2ccc([N+]3=C4Nc5ccc(I)cc5[C@@]45[C@H](c4cccc(OCCO)c4)N4[C@H](c6ccccc6)[C@H](c6ccccc6)OC(=O)[C@H]4[C@@H]5C4OC43)cc2)CC1. The number of aliphatic hydroxyl groups excluding tert-OH is 1. The molecular weight excluding hydrogens is 869 g/mol. The number of carbonyl (C=O) groups excluding carboxylic acids is 2. The van der Waals surface area contributed by atoms with Crippen LogP contribution in [0.3, 0.4) is 0 Å². The molecule has 4 fully saturated rings. The molecule has 6 aliphatic rings. The largest absolute Gasteiger partial charge is 0.491 e. The average Bonchev–Trinajstić information content (AvgIpc) is 3.90. The molecule has 2 unspecified atom stereocenters. The zero-order valence-corrected chi connectivity index (χ0v) is 35.2. The van der Waals surface area contributed by atoms with Crippen molar-refractivity contribution in [3.63, 3.8) is 0 Å². The molecule has 1 spiro atoms. The number of morpholine rings is 1. The van der Waals surface area contributed by atoms with E-state index in [-0.39, 0.29) is 49.4 Å². The first-order chi connectivity index (χ1) is 29.4. The highest BCUT2D eigenvalue weighted by Gasteiger charge is 2.81. The van der Waals surface area contributed by atoms with Crippen LogP contribution < -0.4 is 15.0 Å². The number of aliphatic hydroxyl groups is 1. The molecular formula is C48H45IN5O6+. The van der Waals surface area contributed by atoms with Crippen LogP contribution in [0.2, 0.25) is 0 Å². The highest BCUT2D eigenvalue weighted by molar-refractivity contribution is 14.1. The van der Waals surface area contributed by atoms with Crippen molar-refractivity contribution in [1.29, 1.82) is 0 Å². The van der Waals surface area contributed by atoms with Gasteiger partial charge in [0, 0.05) is 53.8 Å². The number of ether oxygens (including phenoxy) is 3. The number of hydrogen-bond acceptors (Lipinski definition) is 9. The van der Waals surface area contributed by atoms with Crippen molar-refractivity contribution in [3.05, 3.63) is 153 Å². The van der Waals surface area contributed by atoms with E-state index in [1.807, 2.05) is 41.3 Å². The minimum absolute atomic E-state index is 0.106. The minimum Gasteiger partial charge on any atom is -0.491 e. The maximum atomic E-state index is 15.2. The molecule has 6 heterocycles. The zero-order valence-electron chi connectivity index (χ0n) is 33.1. The Labute approximate surface area is 362 Å². The van der Waals surface area contributed by atoms with Gasteiger partial charge < -0.3 is 29.1 Å². The van der Waals surface area contributed by atoms with Crippen molar-refractivity contribution in [2.45, 2.75) is 48.9 Å². The lowest BCUT2D eigenvalue weighted by molar-refractivity contribution is -0.485. The molecule has 0 aromatic heterocycles. The van der Waals surface area contributed by atoms with E-state index >= 15 is 4.79 Å². The number of benzene rings is 5. The number of epoxide rings is 1. The van der Waals surface area contributed by atoms with Crippen LogP contribution in [0.1, 0.15) is 47.4 Å². The zero-order chi connectivity index (χ0) is 40.7. The number of nitrogens with one attached hydrogen (secondary N) is 1. The number of anilines is 2. The quantitative estimate of drug-likeness (QED) is 0.0776. The van der Waals surface area contributed by atoms with Gasteiger partial charge in [0.15, 0.2) is 0 Å². The smallest absolute Gasteiger partial charge is 0.324 e. The summed E-state index contributed by atoms with van der Waals surface area (Å²) in [5.74, 6) is 1.16. The fraction of sp³-hybridized carbons (Fsp3) is 0.312. The number of amidine groups is 1. The van der Waals surface area contributed by atoms with E-state index in [1.54, 1.807) is 6.92 Å². The number of hydrogen-bond donors (Lipinski definition) is 2. The Bertz CT molecular complexity index is 2510. The average molecular weight is 915 g/mol. The molecule has 0 radical (unpaired) electrons. The van der Waals surface area contributed by atoms with Gasteiger partial charge in [0.2, 0.25) is 12.1 Å². The van der Waals surface area contributed by atoms with Gasteiger partial charge in [0.05, 0.1) is 18.7 Å². The van der Waals surface area contributed by atoms with Crippen molar-refractivity contribution in [2.24, 2.45) is 5.92 Å². The number of piperazine rings is 1. The minimum atomic E-state index is -0.812. The first kappa shape index (κ1) is 37.7. The molecule has 12 heteroatoms. The summed E-state index contributed by atoms with van der Waals surface area (Å²) in [6.45, 7) is 4.64. The molecule has 60 heavy (non-hydrogen) atoms. The lowest BCUT2D eigenvalue weighted by Crippen LogP contribution is -2.55. The van der Waals surface area contributed by atoms with Crippen molar-refractivity contribution >= 4 is 57.4 Å². The maximum absolute atomic E-state index is 15.2. The van der Waals surface area contributed by atoms with Gasteiger partial charge in [-0.15, -0.1) is 0 Å². The first-order valence-corrected chi connectivity index (χ1v) is 21.9. The fourth-order valence-corrected chi connectivity index (χ4v) is 11.5. The number of rotatable bonds is 8. The van der Waals surface area contributed by atoms with E-state index < -0.39 is 23.6 Å². The summed E-state index contributed by atoms with van der Waals surface area (Å²) >= 11 is 2.40. The Hall–Kier alpha value is -5.28. The molecule has 304 valence electrons. The molecule has 5 aromatic rings. The number of cyclic esters (lactones) is 1. The Morgan fingerprint density at radius 1 is 0.867 bits per heavy atom. The standard InChI is InChI=1S/C48H44IN5O6/c1-29(56)51-21-23-52(24-22-51)34-16-18-35(19-17-34)53-45-43(59-45)39-41-46(57)60-42(31-11-6-3-7-12-31)40(30-9-4-2-5-10-30)54(41)44(32-13-8-14-36(27-32)58-26-25-55)48(39)37-28-33(49)15-20-38(37)50-47(48)53/h2-20,27-28,39-45,55H,21-26H2,1H3/p+1/t39-,40-,41-,42+,43?,44+,45?,48-/m1/s1. The first-order valence-electron chi connectivity index (χ1n) is 20.8. The summed E-state index contributed by atoms with van der Waals surface area (Å²) in [7, 11) is 0. The van der Waals surface area contributed by atoms with Gasteiger partial charge in [0.25, 0.3) is 5.84 Å². The van der Waals surface area contributed by atoms with E-state index in [1.165, 1.54) is 0 Å². The van der Waals surface area contributed by atoms with Crippen LogP contribution in [0, 0.1) is 9.49 Å². The van der Waals surface area contributed by atoms with Crippen LogP contribution in [-0.2, 0) is 24.5 Å². The second-order valence-corrected chi connectivity index (χ2v) is 17.7. The summed E-state index contributed by atoms with van der Waals surface area (Å²) < 4.78 is 23.1. The third kappa shape index (κ3) is 5.82. The Kier molecular flexibility index (Phi) is 9.25. The fourth-order valence-electron chi connectivity index (χ4n) is 11.0. The predicted octanol–water partition coefficient (Wildman–Crippen LogP) is 6.56. The molecule has 6 aliphatic heterocycles. The van der Waals surface area contributed by atoms with Gasteiger partial charge in [-0.1, -0.05) is 72.8 Å². The highest BCUT2D eigenvalue weighted by atomic mass is 127. The molecule has 5 aromatic carbocycles. The summed E-state index contributed by atoms with van der Waals surface area (Å²) in [6.07, 6.45) is -1.18. The van der Waals surface area contributed by atoms with E-state index in [0.717, 1.165) is 61.8 Å². The Morgan fingerprint density at radius 2 is 1.58 bits per heavy atom. The van der Waals surface area contributed by atoms with Crippen molar-refractivity contribution in [3.8, 4) is 5.75 Å². The number of amides is 1. The summed E-state index contributed by atoms with van der Waals surface area (Å²) in [4.78, 5) is 33.9. The van der Waals surface area contributed by atoms with Crippen LogP contribution in [0.25, 0.3) is 0 Å². The molecule has 0 aliphatic carbocycles. The normalized spacial score (nSPS) is 28.8. The summed E-state index contributed by atoms with van der Waals surface area (Å²) in [5.41, 5.74) is 6.38. The van der Waals surface area contributed by atoms with E-state index in [0.29, 0.717) is 18.8 Å². The van der Waals surface area contributed by atoms with Gasteiger partial charge in [-0.25, -0.2) is 9.89 Å². The third-order valence-electron chi connectivity index (χ3n) is 13.5. The van der Waals surface area contributed by atoms with Gasteiger partial charge in [0.1, 0.15) is 47.4 Å². The molecule has 11 rings (SSSR count). The van der Waals surface area contributed by atoms with Crippen LogP contribution in [0.4, 0.5) is 17.1 Å². The molecule has 1 amide bonds. The van der Waals surface area contributed by atoms with Crippen LogP contribution in [0.5, 0.6) is 5.75 Å². The third-order valence-corrected chi connectivity index (χ3v) is 14.1. The van der Waals surface area contributed by atoms with Crippen molar-refractivity contribution in [1.82, 2.24) is 9.80 Å². The van der Waals surface area contributed by atoms with Gasteiger partial charge in [-0.2, -0.15) is 0 Å². The van der Waals surface area contributed by atoms with Crippen LogP contribution >= 0.6 is 22.6 Å². The summed E-state index contributed by atoms with van der Waals surface area (Å²) in [5, 5.41) is 13.7. The molecule has 4 saturated heterocycles. The molecule has 2 N–H and O–H groups in total. The Morgan fingerprint density at radius 3 is 2.30 bits per heavy atom. The molecule has 0 saturated carbocycles. The summed E-state index contributed by atoms with van der Waals surface area (Å²) in [6, 6.07) is 42.6. The number of carbonyl (C=O) groups is 2. The van der Waals surface area contributed by atoms with E-state index in [4.69, 9.17) is 14.2 Å². The van der Waals surface area contributed by atoms with E-state index in [9.17, 15) is 9.90 Å². The Balaban J connectivity index is 1.14. The van der Waals surface area contributed by atoms with Crippen LogP contribution in [-0.4, -0.2) is 95.0 Å². The predicted molar refractivity (Wildman–Crippen MR) is 234 cm³/mol. The highest BCUT2D eigenvalue weighted by Crippen LogP contribution is 2.69. The monoisotopic (exact) mass is 914 g/mol. The molecule has 0 bridgehead atoms. The second kappa shape index (κ2) is 14.7. The van der Waals surface area contributed by atoms with E-state index in [2.05, 4.69) is 133 Å². The molecule has 11 nitrogen and oxygen atoms in total. The van der Waals surface area contributed by atoms with Gasteiger partial charge in [-0.3, -0.25) is 14.5 Å². The van der Waals surface area contributed by atoms with Gasteiger partial charge in [-0.05, 0) is 93.9 Å². The number of fused-ring (bicyclic) bond motifs is 5. The lowest BCUT2D eigenvalue weighted by Gasteiger charge is -2.46. The number of esters is 1.